The van der Waals surface area contributed by atoms with Crippen molar-refractivity contribution >= 4 is 26.7 Å². The molecule has 0 atom stereocenters. The number of hydrogen-bond acceptors (Lipinski definition) is 8. The van der Waals surface area contributed by atoms with Gasteiger partial charge in [-0.05, 0) is 24.3 Å². The van der Waals surface area contributed by atoms with E-state index in [0.717, 1.165) is 6.26 Å². The molecule has 1 aromatic heterocycles. The first-order valence-electron chi connectivity index (χ1n) is 9.06. The third-order valence-corrected chi connectivity index (χ3v) is 5.65. The molecule has 0 fully saturated rings. The van der Waals surface area contributed by atoms with E-state index in [0.29, 0.717) is 39.1 Å². The van der Waals surface area contributed by atoms with Gasteiger partial charge in [0.25, 0.3) is 5.56 Å². The Hall–Kier alpha value is -3.53. The van der Waals surface area contributed by atoms with Gasteiger partial charge in [0, 0.05) is 23.6 Å². The zero-order valence-corrected chi connectivity index (χ0v) is 18.2. The Balaban J connectivity index is 2.09. The lowest BCUT2D eigenvalue weighted by molar-refractivity contribution is 0.104. The van der Waals surface area contributed by atoms with Crippen molar-refractivity contribution in [2.45, 2.75) is 0 Å². The van der Waals surface area contributed by atoms with E-state index >= 15 is 0 Å². The predicted octanol–water partition coefficient (Wildman–Crippen LogP) is 2.11. The number of ether oxygens (including phenoxy) is 3. The van der Waals surface area contributed by atoms with E-state index in [9.17, 15) is 18.0 Å². The number of rotatable bonds is 5. The van der Waals surface area contributed by atoms with Gasteiger partial charge in [-0.3, -0.25) is 9.59 Å². The molecule has 1 heterocycles. The second-order valence-electron chi connectivity index (χ2n) is 7.01. The lowest BCUT2D eigenvalue weighted by atomic mass is 10.0. The number of benzene rings is 2. The summed E-state index contributed by atoms with van der Waals surface area (Å²) in [5.74, 6) is 0.357. The molecule has 9 nitrogen and oxygen atoms in total. The minimum Gasteiger partial charge on any atom is -0.493 e. The molecule has 0 N–H and O–H groups in total. The van der Waals surface area contributed by atoms with E-state index in [2.05, 4.69) is 0 Å². The molecular weight excluding hydrogens is 426 g/mol. The van der Waals surface area contributed by atoms with Gasteiger partial charge >= 0.3 is 10.1 Å². The number of ketones is 1. The Bertz CT molecular complexity index is 1440. The van der Waals surface area contributed by atoms with Crippen molar-refractivity contribution in [1.29, 1.82) is 0 Å². The summed E-state index contributed by atoms with van der Waals surface area (Å²) in [6, 6.07) is 5.93. The topological polar surface area (TPSA) is 110 Å². The van der Waals surface area contributed by atoms with Gasteiger partial charge in [0.05, 0.1) is 44.2 Å². The molecule has 0 aliphatic heterocycles. The summed E-state index contributed by atoms with van der Waals surface area (Å²) in [4.78, 5) is 26.5. The van der Waals surface area contributed by atoms with Crippen LogP contribution in [0.4, 0.5) is 0 Å². The third kappa shape index (κ3) is 3.10. The maximum absolute atomic E-state index is 13.4. The Kier molecular flexibility index (Phi) is 4.69. The minimum absolute atomic E-state index is 0.113. The number of carbonyl (C=O) groups is 1. The van der Waals surface area contributed by atoms with Crippen molar-refractivity contribution < 1.29 is 31.6 Å². The molecule has 4 rings (SSSR count). The average molecular weight is 445 g/mol. The largest absolute Gasteiger partial charge is 0.493 e. The van der Waals surface area contributed by atoms with E-state index in [1.54, 1.807) is 13.1 Å². The van der Waals surface area contributed by atoms with Crippen LogP contribution in [0.5, 0.6) is 23.0 Å². The molecule has 0 saturated carbocycles. The van der Waals surface area contributed by atoms with Crippen molar-refractivity contribution in [3.8, 4) is 34.3 Å². The van der Waals surface area contributed by atoms with Crippen LogP contribution in [-0.4, -0.2) is 46.4 Å². The fraction of sp³-hybridized carbons (Fsp3) is 0.238. The molecule has 0 radical (unpaired) electrons. The normalized spacial score (nSPS) is 12.5. The lowest BCUT2D eigenvalue weighted by Crippen LogP contribution is -2.20. The highest BCUT2D eigenvalue weighted by molar-refractivity contribution is 7.86. The first kappa shape index (κ1) is 20.7. The van der Waals surface area contributed by atoms with Crippen LogP contribution in [-0.2, 0) is 17.2 Å². The van der Waals surface area contributed by atoms with Crippen molar-refractivity contribution in [1.82, 2.24) is 4.57 Å². The summed E-state index contributed by atoms with van der Waals surface area (Å²) in [5.41, 5.74) is 1.01. The van der Waals surface area contributed by atoms with Crippen molar-refractivity contribution in [2.75, 3.05) is 27.6 Å². The summed E-state index contributed by atoms with van der Waals surface area (Å²) in [5, 5.41) is 0.695. The van der Waals surface area contributed by atoms with E-state index in [-0.39, 0.29) is 28.4 Å². The Labute approximate surface area is 177 Å². The van der Waals surface area contributed by atoms with Gasteiger partial charge in [0.1, 0.15) is 0 Å². The molecule has 1 aliphatic rings. The molecule has 31 heavy (non-hydrogen) atoms. The quantitative estimate of drug-likeness (QED) is 0.430. The molecule has 0 bridgehead atoms. The summed E-state index contributed by atoms with van der Waals surface area (Å²) in [6.45, 7) is 0. The third-order valence-electron chi connectivity index (χ3n) is 5.17. The molecule has 0 saturated heterocycles. The number of methoxy groups -OCH3 is 3. The van der Waals surface area contributed by atoms with E-state index in [1.807, 2.05) is 0 Å². The molecule has 0 unspecified atom stereocenters. The molecule has 162 valence electrons. The van der Waals surface area contributed by atoms with E-state index in [4.69, 9.17) is 18.4 Å². The Morgan fingerprint density at radius 3 is 1.84 bits per heavy atom. The summed E-state index contributed by atoms with van der Waals surface area (Å²) < 4.78 is 45.6. The average Bonchev–Trinajstić information content (AvgIpc) is 3.01. The van der Waals surface area contributed by atoms with Gasteiger partial charge < -0.3 is 23.0 Å². The second-order valence-corrected chi connectivity index (χ2v) is 8.58. The van der Waals surface area contributed by atoms with Gasteiger partial charge in [-0.15, -0.1) is 0 Å². The molecule has 0 amide bonds. The van der Waals surface area contributed by atoms with E-state index in [1.165, 1.54) is 44.1 Å². The van der Waals surface area contributed by atoms with Crippen molar-refractivity contribution in [3.63, 3.8) is 0 Å². The van der Waals surface area contributed by atoms with Crippen LogP contribution < -0.4 is 24.0 Å². The molecule has 3 aromatic rings. The van der Waals surface area contributed by atoms with Crippen LogP contribution in [0.25, 0.3) is 22.0 Å². The van der Waals surface area contributed by atoms with Gasteiger partial charge in [0.2, 0.25) is 0 Å². The van der Waals surface area contributed by atoms with Crippen LogP contribution in [0.3, 0.4) is 0 Å². The molecule has 1 aliphatic carbocycles. The number of fused-ring (bicyclic) bond motifs is 5. The minimum atomic E-state index is -3.86. The van der Waals surface area contributed by atoms with Gasteiger partial charge in [-0.2, -0.15) is 8.42 Å². The number of aromatic nitrogens is 1. The van der Waals surface area contributed by atoms with Crippen LogP contribution in [0.2, 0.25) is 0 Å². The maximum Gasteiger partial charge on any atom is 0.306 e. The SMILES string of the molecule is COc1cc2c3c(n(C)c(=O)c2cc1OC)-c1cc(OC)c(OS(C)(=O)=O)cc1C3=O. The first-order valence-corrected chi connectivity index (χ1v) is 10.9. The number of hydrogen-bond donors (Lipinski definition) is 0. The first-order chi connectivity index (χ1) is 14.6. The summed E-state index contributed by atoms with van der Waals surface area (Å²) >= 11 is 0. The maximum atomic E-state index is 13.4. The van der Waals surface area contributed by atoms with Crippen LogP contribution in [0.15, 0.2) is 29.1 Å². The monoisotopic (exact) mass is 445 g/mol. The molecular formula is C21H19NO8S. The molecule has 2 aromatic carbocycles. The Morgan fingerprint density at radius 1 is 0.774 bits per heavy atom. The van der Waals surface area contributed by atoms with Gasteiger partial charge in [-0.25, -0.2) is 0 Å². The zero-order chi connectivity index (χ0) is 22.7. The van der Waals surface area contributed by atoms with Gasteiger partial charge in [0.15, 0.2) is 28.8 Å². The summed E-state index contributed by atoms with van der Waals surface area (Å²) in [7, 11) is 1.98. The fourth-order valence-electron chi connectivity index (χ4n) is 3.85. The number of nitrogens with zero attached hydrogens (tertiary/aromatic N) is 1. The van der Waals surface area contributed by atoms with Crippen LogP contribution >= 0.6 is 0 Å². The standard InChI is InChI=1S/C21H19NO8S/c1-22-19-11-7-16(29-4)17(30-31(5,25)26)8-12(11)20(23)18(19)10-6-14(27-2)15(28-3)9-13(10)21(22)24/h6-9H,1-5H3. The highest BCUT2D eigenvalue weighted by atomic mass is 32.2. The van der Waals surface area contributed by atoms with E-state index < -0.39 is 10.1 Å². The molecule has 0 spiro atoms. The fourth-order valence-corrected chi connectivity index (χ4v) is 4.31. The lowest BCUT2D eigenvalue weighted by Gasteiger charge is -2.14. The van der Waals surface area contributed by atoms with Crippen molar-refractivity contribution in [2.24, 2.45) is 7.05 Å². The highest BCUT2D eigenvalue weighted by Crippen LogP contribution is 2.45. The number of carbonyl (C=O) groups excluding carboxylic acids is 1. The molecule has 10 heteroatoms. The number of pyridine rings is 1. The predicted molar refractivity (Wildman–Crippen MR) is 113 cm³/mol. The smallest absolute Gasteiger partial charge is 0.306 e. The Morgan fingerprint density at radius 2 is 1.29 bits per heavy atom. The van der Waals surface area contributed by atoms with Crippen molar-refractivity contribution in [3.05, 3.63) is 45.7 Å². The highest BCUT2D eigenvalue weighted by Gasteiger charge is 2.34. The van der Waals surface area contributed by atoms with Crippen LogP contribution in [0, 0.1) is 0 Å². The van der Waals surface area contributed by atoms with Crippen LogP contribution in [0.1, 0.15) is 15.9 Å². The second kappa shape index (κ2) is 7.02. The van der Waals surface area contributed by atoms with Gasteiger partial charge in [-0.1, -0.05) is 0 Å². The summed E-state index contributed by atoms with van der Waals surface area (Å²) in [6.07, 6.45) is 0.896. The zero-order valence-electron chi connectivity index (χ0n) is 17.4.